The minimum atomic E-state index is -0.283. The molecule has 3 aromatic heterocycles. The summed E-state index contributed by atoms with van der Waals surface area (Å²) in [6, 6.07) is 4.04. The van der Waals surface area contributed by atoms with Crippen molar-refractivity contribution in [1.29, 1.82) is 0 Å². The molecule has 3 N–H and O–H groups in total. The van der Waals surface area contributed by atoms with Crippen molar-refractivity contribution < 1.29 is 9.53 Å². The zero-order valence-corrected chi connectivity index (χ0v) is 17.2. The fraction of sp³-hybridized carbons (Fsp3) is 0.450. The number of nitrogens with two attached hydrogens (primary N) is 1. The number of piperidine rings is 1. The van der Waals surface area contributed by atoms with E-state index in [0.717, 1.165) is 37.3 Å². The molecule has 8 nitrogen and oxygen atoms in total. The second kappa shape index (κ2) is 7.00. The number of nitrogens with one attached hydrogen (secondary N) is 1. The van der Waals surface area contributed by atoms with E-state index >= 15 is 0 Å². The molecule has 9 heteroatoms. The van der Waals surface area contributed by atoms with Gasteiger partial charge >= 0.3 is 0 Å². The topological polar surface area (TPSA) is 102 Å². The maximum atomic E-state index is 12.8. The van der Waals surface area contributed by atoms with E-state index in [-0.39, 0.29) is 18.1 Å². The van der Waals surface area contributed by atoms with Gasteiger partial charge in [0.15, 0.2) is 0 Å². The van der Waals surface area contributed by atoms with Crippen molar-refractivity contribution in [2.45, 2.75) is 38.3 Å². The fourth-order valence-corrected chi connectivity index (χ4v) is 5.74. The fourth-order valence-electron chi connectivity index (χ4n) is 4.35. The van der Waals surface area contributed by atoms with Crippen LogP contribution in [0.25, 0.3) is 10.6 Å². The number of nitrogens with zero attached hydrogens (tertiary/aromatic N) is 4. The van der Waals surface area contributed by atoms with Crippen molar-refractivity contribution in [3.05, 3.63) is 40.8 Å². The molecule has 0 saturated carbocycles. The molecule has 29 heavy (non-hydrogen) atoms. The summed E-state index contributed by atoms with van der Waals surface area (Å²) in [6.45, 7) is 4.13. The smallest absolute Gasteiger partial charge is 0.244 e. The third-order valence-electron chi connectivity index (χ3n) is 5.88. The number of nitrogen functional groups attached to an aromatic ring is 1. The Morgan fingerprint density at radius 2 is 2.21 bits per heavy atom. The number of hydrogen-bond donors (Lipinski definition) is 2. The summed E-state index contributed by atoms with van der Waals surface area (Å²) in [7, 11) is 0. The normalized spacial score (nSPS) is 18.2. The summed E-state index contributed by atoms with van der Waals surface area (Å²) in [5, 5.41) is 4.30. The molecular weight excluding hydrogens is 388 g/mol. The minimum absolute atomic E-state index is 0.0509. The summed E-state index contributed by atoms with van der Waals surface area (Å²) in [6.07, 6.45) is 6.11. The number of rotatable bonds is 3. The Labute approximate surface area is 172 Å². The summed E-state index contributed by atoms with van der Waals surface area (Å²) >= 11 is 1.79. The SMILES string of the molecule is Cc1cc(N)n(CC(=O)N2CCC3(CC2)OCCc2cc(-c4cnc[nH]4)sc23)n1. The van der Waals surface area contributed by atoms with E-state index in [2.05, 4.69) is 21.1 Å². The lowest BCUT2D eigenvalue weighted by atomic mass is 9.85. The number of aromatic nitrogens is 4. The number of imidazole rings is 1. The highest BCUT2D eigenvalue weighted by atomic mass is 32.1. The Hall–Kier alpha value is -2.65. The van der Waals surface area contributed by atoms with Crippen LogP contribution in [0.5, 0.6) is 0 Å². The maximum Gasteiger partial charge on any atom is 0.244 e. The Balaban J connectivity index is 1.31. The van der Waals surface area contributed by atoms with Gasteiger partial charge in [0.1, 0.15) is 18.0 Å². The summed E-state index contributed by atoms with van der Waals surface area (Å²) in [4.78, 5) is 24.5. The Morgan fingerprint density at radius 1 is 1.38 bits per heavy atom. The molecule has 5 rings (SSSR count). The van der Waals surface area contributed by atoms with E-state index in [0.29, 0.717) is 18.9 Å². The number of carbonyl (C=O) groups is 1. The highest BCUT2D eigenvalue weighted by Crippen LogP contribution is 2.47. The number of carbonyl (C=O) groups excluding carboxylic acids is 1. The van der Waals surface area contributed by atoms with Gasteiger partial charge in [-0.15, -0.1) is 11.3 Å². The average Bonchev–Trinajstić information content (AvgIpc) is 3.43. The van der Waals surface area contributed by atoms with E-state index in [9.17, 15) is 4.79 Å². The Morgan fingerprint density at radius 3 is 2.90 bits per heavy atom. The first-order chi connectivity index (χ1) is 14.0. The van der Waals surface area contributed by atoms with Crippen molar-refractivity contribution in [3.63, 3.8) is 0 Å². The van der Waals surface area contributed by atoms with Crippen LogP contribution in [0.4, 0.5) is 5.82 Å². The predicted molar refractivity (Wildman–Crippen MR) is 110 cm³/mol. The first-order valence-electron chi connectivity index (χ1n) is 9.88. The zero-order chi connectivity index (χ0) is 20.0. The largest absolute Gasteiger partial charge is 0.384 e. The number of H-pyrrole nitrogens is 1. The van der Waals surface area contributed by atoms with Crippen LogP contribution in [0.1, 0.15) is 29.0 Å². The standard InChI is InChI=1S/C20H24N6O2S/c1-13-8-17(21)26(24-13)11-18(27)25-5-3-20(4-6-25)19-14(2-7-28-20)9-16(29-19)15-10-22-12-23-15/h8-10,12H,2-7,11,21H2,1H3,(H,22,23). The summed E-state index contributed by atoms with van der Waals surface area (Å²) < 4.78 is 7.92. The number of hydrogen-bond acceptors (Lipinski definition) is 6. The van der Waals surface area contributed by atoms with E-state index < -0.39 is 0 Å². The van der Waals surface area contributed by atoms with Gasteiger partial charge in [-0.2, -0.15) is 5.10 Å². The minimum Gasteiger partial charge on any atom is -0.384 e. The molecule has 1 saturated heterocycles. The lowest BCUT2D eigenvalue weighted by molar-refractivity contribution is -0.141. The molecule has 1 spiro atoms. The highest BCUT2D eigenvalue weighted by molar-refractivity contribution is 7.15. The molecule has 0 unspecified atom stereocenters. The van der Waals surface area contributed by atoms with Crippen LogP contribution in [-0.2, 0) is 28.1 Å². The van der Waals surface area contributed by atoms with Crippen molar-refractivity contribution in [2.75, 3.05) is 25.4 Å². The number of aromatic amines is 1. The van der Waals surface area contributed by atoms with Crippen molar-refractivity contribution in [1.82, 2.24) is 24.6 Å². The van der Waals surface area contributed by atoms with Gasteiger partial charge in [0.25, 0.3) is 0 Å². The highest BCUT2D eigenvalue weighted by Gasteiger charge is 2.43. The van der Waals surface area contributed by atoms with Gasteiger partial charge in [0, 0.05) is 24.0 Å². The molecule has 5 heterocycles. The number of thiophene rings is 1. The van der Waals surface area contributed by atoms with E-state index in [1.165, 1.54) is 15.3 Å². The predicted octanol–water partition coefficient (Wildman–Crippen LogP) is 2.32. The molecule has 0 atom stereocenters. The number of ether oxygens (including phenoxy) is 1. The maximum absolute atomic E-state index is 12.8. The van der Waals surface area contributed by atoms with Crippen LogP contribution < -0.4 is 5.73 Å². The van der Waals surface area contributed by atoms with E-state index in [1.807, 2.05) is 18.0 Å². The molecule has 152 valence electrons. The molecule has 1 amide bonds. The molecule has 0 aliphatic carbocycles. The van der Waals surface area contributed by atoms with Gasteiger partial charge in [-0.25, -0.2) is 9.67 Å². The van der Waals surface area contributed by atoms with Gasteiger partial charge in [0.05, 0.1) is 35.4 Å². The number of fused-ring (bicyclic) bond motifs is 2. The van der Waals surface area contributed by atoms with Crippen LogP contribution in [0.3, 0.4) is 0 Å². The molecule has 1 fully saturated rings. The Bertz CT molecular complexity index is 1030. The summed E-state index contributed by atoms with van der Waals surface area (Å²) in [5.41, 5.74) is 8.88. The molecule has 0 radical (unpaired) electrons. The molecule has 2 aliphatic rings. The average molecular weight is 413 g/mol. The monoisotopic (exact) mass is 412 g/mol. The second-order valence-corrected chi connectivity index (χ2v) is 8.82. The van der Waals surface area contributed by atoms with E-state index in [4.69, 9.17) is 10.5 Å². The molecule has 0 aromatic carbocycles. The number of amides is 1. The van der Waals surface area contributed by atoms with Crippen molar-refractivity contribution >= 4 is 23.1 Å². The first-order valence-corrected chi connectivity index (χ1v) is 10.7. The van der Waals surface area contributed by atoms with Crippen molar-refractivity contribution in [2.24, 2.45) is 0 Å². The van der Waals surface area contributed by atoms with Gasteiger partial charge in [-0.05, 0) is 37.8 Å². The van der Waals surface area contributed by atoms with Gasteiger partial charge < -0.3 is 20.4 Å². The van der Waals surface area contributed by atoms with Gasteiger partial charge in [-0.1, -0.05) is 0 Å². The third-order valence-corrected chi connectivity index (χ3v) is 7.27. The quantitative estimate of drug-likeness (QED) is 0.687. The van der Waals surface area contributed by atoms with Crippen LogP contribution >= 0.6 is 11.3 Å². The third kappa shape index (κ3) is 3.24. The van der Waals surface area contributed by atoms with Crippen LogP contribution in [0, 0.1) is 6.92 Å². The first kappa shape index (κ1) is 18.4. The van der Waals surface area contributed by atoms with Gasteiger partial charge in [0.2, 0.25) is 5.91 Å². The van der Waals surface area contributed by atoms with E-state index in [1.54, 1.807) is 28.4 Å². The van der Waals surface area contributed by atoms with Crippen LogP contribution in [-0.4, -0.2) is 50.3 Å². The van der Waals surface area contributed by atoms with Crippen LogP contribution in [0.2, 0.25) is 0 Å². The number of aryl methyl sites for hydroxylation is 1. The van der Waals surface area contributed by atoms with Gasteiger partial charge in [-0.3, -0.25) is 4.79 Å². The second-order valence-electron chi connectivity index (χ2n) is 7.77. The molecular formula is C20H24N6O2S. The van der Waals surface area contributed by atoms with Crippen LogP contribution in [0.15, 0.2) is 24.7 Å². The Kier molecular flexibility index (Phi) is 4.44. The van der Waals surface area contributed by atoms with Crippen molar-refractivity contribution in [3.8, 4) is 10.6 Å². The summed E-state index contributed by atoms with van der Waals surface area (Å²) in [5.74, 6) is 0.574. The zero-order valence-electron chi connectivity index (χ0n) is 16.4. The lowest BCUT2D eigenvalue weighted by Gasteiger charge is -2.43. The molecule has 3 aromatic rings. The number of likely N-dealkylation sites (tertiary alicyclic amines) is 1. The molecule has 2 aliphatic heterocycles. The lowest BCUT2D eigenvalue weighted by Crippen LogP contribution is -2.48. The molecule has 0 bridgehead atoms. The number of anilines is 1.